The van der Waals surface area contributed by atoms with Crippen LogP contribution in [-0.2, 0) is 0 Å². The predicted molar refractivity (Wildman–Crippen MR) is 47.9 cm³/mol. The number of rotatable bonds is 2. The molecule has 1 rings (SSSR count). The summed E-state index contributed by atoms with van der Waals surface area (Å²) in [6.07, 6.45) is 2.39. The van der Waals surface area contributed by atoms with Gasteiger partial charge in [-0.1, -0.05) is 20.8 Å². The van der Waals surface area contributed by atoms with Crippen LogP contribution >= 0.6 is 0 Å². The highest BCUT2D eigenvalue weighted by Gasteiger charge is 2.12. The van der Waals surface area contributed by atoms with Crippen LogP contribution in [0, 0.1) is 5.92 Å². The number of hydrazine groups is 1. The fourth-order valence-electron chi connectivity index (χ4n) is 1.51. The van der Waals surface area contributed by atoms with Gasteiger partial charge in [-0.05, 0) is 24.3 Å². The fraction of sp³-hybridized carbons (Fsp3) is 0.778. The van der Waals surface area contributed by atoms with Crippen LogP contribution in [0.2, 0.25) is 0 Å². The summed E-state index contributed by atoms with van der Waals surface area (Å²) < 4.78 is 0. The van der Waals surface area contributed by atoms with Crippen LogP contribution in [0.1, 0.15) is 33.6 Å². The van der Waals surface area contributed by atoms with Gasteiger partial charge in [-0.15, -0.1) is 0 Å². The second-order valence-electron chi connectivity index (χ2n) is 3.33. The third-order valence-corrected chi connectivity index (χ3v) is 2.16. The Kier molecular flexibility index (Phi) is 2.94. The third-order valence-electron chi connectivity index (χ3n) is 2.16. The van der Waals surface area contributed by atoms with Gasteiger partial charge in [-0.3, -0.25) is 0 Å². The van der Waals surface area contributed by atoms with Crippen LogP contribution in [0.15, 0.2) is 11.3 Å². The Morgan fingerprint density at radius 3 is 2.64 bits per heavy atom. The van der Waals surface area contributed by atoms with E-state index in [4.69, 9.17) is 0 Å². The zero-order valence-electron chi connectivity index (χ0n) is 7.70. The van der Waals surface area contributed by atoms with Gasteiger partial charge in [0.15, 0.2) is 0 Å². The van der Waals surface area contributed by atoms with Gasteiger partial charge in [-0.2, -0.15) is 0 Å². The molecule has 0 fully saturated rings. The molecule has 0 unspecified atom stereocenters. The quantitative estimate of drug-likeness (QED) is 0.634. The maximum Gasteiger partial charge on any atom is 0.0279 e. The molecule has 0 aromatic rings. The van der Waals surface area contributed by atoms with Crippen molar-refractivity contribution in [1.82, 2.24) is 10.9 Å². The molecule has 0 atom stereocenters. The summed E-state index contributed by atoms with van der Waals surface area (Å²) in [4.78, 5) is 0. The van der Waals surface area contributed by atoms with E-state index in [1.54, 1.807) is 5.57 Å². The number of hydrogen-bond acceptors (Lipinski definition) is 2. The van der Waals surface area contributed by atoms with Crippen LogP contribution < -0.4 is 10.9 Å². The summed E-state index contributed by atoms with van der Waals surface area (Å²) >= 11 is 0. The molecule has 2 nitrogen and oxygen atoms in total. The lowest BCUT2D eigenvalue weighted by molar-refractivity contribution is 0.494. The van der Waals surface area contributed by atoms with E-state index in [9.17, 15) is 0 Å². The lowest BCUT2D eigenvalue weighted by atomic mass is 9.99. The molecule has 0 radical (unpaired) electrons. The number of nitrogens with one attached hydrogen (secondary N) is 2. The second-order valence-corrected chi connectivity index (χ2v) is 3.33. The van der Waals surface area contributed by atoms with Crippen molar-refractivity contribution in [2.75, 3.05) is 6.54 Å². The van der Waals surface area contributed by atoms with E-state index in [2.05, 4.69) is 31.6 Å². The first-order valence-electron chi connectivity index (χ1n) is 4.46. The molecule has 0 spiro atoms. The van der Waals surface area contributed by atoms with Crippen LogP contribution in [-0.4, -0.2) is 6.54 Å². The van der Waals surface area contributed by atoms with Gasteiger partial charge < -0.3 is 5.43 Å². The number of hydrogen-bond donors (Lipinski definition) is 2. The third kappa shape index (κ3) is 1.96. The minimum absolute atomic E-state index is 0.623. The molecule has 64 valence electrons. The van der Waals surface area contributed by atoms with E-state index in [0.29, 0.717) is 5.92 Å². The highest BCUT2D eigenvalue weighted by Crippen LogP contribution is 2.18. The van der Waals surface area contributed by atoms with Gasteiger partial charge in [0.25, 0.3) is 0 Å². The molecule has 2 N–H and O–H groups in total. The van der Waals surface area contributed by atoms with Gasteiger partial charge in [0.1, 0.15) is 0 Å². The van der Waals surface area contributed by atoms with Crippen molar-refractivity contribution in [3.05, 3.63) is 11.3 Å². The first-order valence-corrected chi connectivity index (χ1v) is 4.46. The van der Waals surface area contributed by atoms with Crippen LogP contribution in [0.4, 0.5) is 0 Å². The Bertz CT molecular complexity index is 159. The average Bonchev–Trinajstić information content (AvgIpc) is 2.04. The predicted octanol–water partition coefficient (Wildman–Crippen LogP) is 1.80. The molecule has 0 aliphatic carbocycles. The molecule has 0 amide bonds. The van der Waals surface area contributed by atoms with Crippen molar-refractivity contribution in [1.29, 1.82) is 0 Å². The van der Waals surface area contributed by atoms with E-state index in [0.717, 1.165) is 6.54 Å². The molecule has 0 bridgehead atoms. The van der Waals surface area contributed by atoms with Gasteiger partial charge in [0.05, 0.1) is 0 Å². The molecule has 1 aliphatic heterocycles. The standard InChI is InChI=1S/C9H18N2/c1-4-8-5-6-10-11-9(8)7(2)3/h7,10-11H,4-6H2,1-3H3. The van der Waals surface area contributed by atoms with E-state index in [1.165, 1.54) is 18.5 Å². The Hall–Kier alpha value is -0.500. The highest BCUT2D eigenvalue weighted by molar-refractivity contribution is 5.16. The molecule has 0 aromatic heterocycles. The van der Waals surface area contributed by atoms with E-state index < -0.39 is 0 Å². The number of allylic oxidation sites excluding steroid dienone is 1. The van der Waals surface area contributed by atoms with Gasteiger partial charge in [-0.25, -0.2) is 5.43 Å². The lowest BCUT2D eigenvalue weighted by Gasteiger charge is -2.24. The first-order chi connectivity index (χ1) is 5.25. The normalized spacial score (nSPS) is 18.9. The Balaban J connectivity index is 2.73. The molecule has 1 heterocycles. The van der Waals surface area contributed by atoms with E-state index >= 15 is 0 Å². The molecule has 0 aromatic carbocycles. The monoisotopic (exact) mass is 154 g/mol. The zero-order valence-corrected chi connectivity index (χ0v) is 7.70. The molecular formula is C9H18N2. The van der Waals surface area contributed by atoms with Crippen molar-refractivity contribution in [3.8, 4) is 0 Å². The molecular weight excluding hydrogens is 136 g/mol. The van der Waals surface area contributed by atoms with Crippen LogP contribution in [0.3, 0.4) is 0 Å². The second kappa shape index (κ2) is 3.77. The molecule has 0 saturated carbocycles. The van der Waals surface area contributed by atoms with Crippen molar-refractivity contribution < 1.29 is 0 Å². The summed E-state index contributed by atoms with van der Waals surface area (Å²) in [6.45, 7) is 7.75. The Labute approximate surface area is 69.0 Å². The summed E-state index contributed by atoms with van der Waals surface area (Å²) in [5, 5.41) is 0. The van der Waals surface area contributed by atoms with E-state index in [1.807, 2.05) is 0 Å². The summed E-state index contributed by atoms with van der Waals surface area (Å²) in [5.41, 5.74) is 9.41. The van der Waals surface area contributed by atoms with Gasteiger partial charge in [0, 0.05) is 12.2 Å². The van der Waals surface area contributed by atoms with Gasteiger partial charge in [0.2, 0.25) is 0 Å². The van der Waals surface area contributed by atoms with Crippen molar-refractivity contribution in [3.63, 3.8) is 0 Å². The molecule has 0 saturated heterocycles. The minimum atomic E-state index is 0.623. The highest BCUT2D eigenvalue weighted by atomic mass is 15.4. The fourth-order valence-corrected chi connectivity index (χ4v) is 1.51. The SMILES string of the molecule is CCC1=C(C(C)C)NNCC1. The van der Waals surface area contributed by atoms with Crippen molar-refractivity contribution in [2.24, 2.45) is 5.92 Å². The summed E-state index contributed by atoms with van der Waals surface area (Å²) in [7, 11) is 0. The molecule has 11 heavy (non-hydrogen) atoms. The smallest absolute Gasteiger partial charge is 0.0279 e. The maximum absolute atomic E-state index is 3.25. The molecule has 2 heteroatoms. The topological polar surface area (TPSA) is 24.1 Å². The first kappa shape index (κ1) is 8.60. The minimum Gasteiger partial charge on any atom is -0.325 e. The largest absolute Gasteiger partial charge is 0.325 e. The Morgan fingerprint density at radius 1 is 1.45 bits per heavy atom. The average molecular weight is 154 g/mol. The van der Waals surface area contributed by atoms with Gasteiger partial charge >= 0.3 is 0 Å². The Morgan fingerprint density at radius 2 is 2.18 bits per heavy atom. The maximum atomic E-state index is 3.25. The summed E-state index contributed by atoms with van der Waals surface area (Å²) in [5.74, 6) is 0.623. The van der Waals surface area contributed by atoms with Crippen LogP contribution in [0.25, 0.3) is 0 Å². The van der Waals surface area contributed by atoms with Crippen molar-refractivity contribution >= 4 is 0 Å². The molecule has 1 aliphatic rings. The zero-order chi connectivity index (χ0) is 8.27. The van der Waals surface area contributed by atoms with E-state index in [-0.39, 0.29) is 0 Å². The summed E-state index contributed by atoms with van der Waals surface area (Å²) in [6, 6.07) is 0. The van der Waals surface area contributed by atoms with Crippen LogP contribution in [0.5, 0.6) is 0 Å². The lowest BCUT2D eigenvalue weighted by Crippen LogP contribution is -2.38. The van der Waals surface area contributed by atoms with Crippen molar-refractivity contribution in [2.45, 2.75) is 33.6 Å².